The van der Waals surface area contributed by atoms with Gasteiger partial charge in [-0.1, -0.05) is 69.8 Å². The van der Waals surface area contributed by atoms with Crippen LogP contribution in [-0.4, -0.2) is 6.61 Å². The number of rotatable bonds is 15. The molecule has 0 aromatic rings. The van der Waals surface area contributed by atoms with E-state index in [-0.39, 0.29) is 0 Å². The molecule has 1 radical (unpaired) electrons. The Balaban J connectivity index is 3.12. The van der Waals surface area contributed by atoms with Crippen LogP contribution >= 0.6 is 0 Å². The van der Waals surface area contributed by atoms with Crippen molar-refractivity contribution in [2.75, 3.05) is 6.61 Å². The molecule has 0 aliphatic rings. The van der Waals surface area contributed by atoms with Crippen LogP contribution in [-0.2, 0) is 4.74 Å². The highest BCUT2D eigenvalue weighted by Crippen LogP contribution is 2.08. The largest absolute Gasteiger partial charge is 0.379 e. The number of hydrogen-bond acceptors (Lipinski definition) is 1. The lowest BCUT2D eigenvalue weighted by molar-refractivity contribution is 0.233. The molecule has 0 bridgehead atoms. The standard InChI is InChI=1S/C19H35O/c1-3-4-5-6-7-8-9-10-11-12-13-14-15-16-17-18-19-20-2/h7-8,10-11H,2-6,9,12-19H2,1H3/b8-7+,11-10+. The molecule has 1 nitrogen and oxygen atoms in total. The van der Waals surface area contributed by atoms with E-state index in [1.54, 1.807) is 0 Å². The van der Waals surface area contributed by atoms with E-state index < -0.39 is 0 Å². The highest BCUT2D eigenvalue weighted by atomic mass is 16.5. The van der Waals surface area contributed by atoms with Crippen LogP contribution in [0.1, 0.15) is 84.0 Å². The highest BCUT2D eigenvalue weighted by molar-refractivity contribution is 4.92. The molecule has 20 heavy (non-hydrogen) atoms. The molecule has 0 N–H and O–H groups in total. The summed E-state index contributed by atoms with van der Waals surface area (Å²) in [4.78, 5) is 0. The van der Waals surface area contributed by atoms with Crippen LogP contribution in [0, 0.1) is 7.11 Å². The lowest BCUT2D eigenvalue weighted by Crippen LogP contribution is -1.86. The van der Waals surface area contributed by atoms with Crippen molar-refractivity contribution in [3.05, 3.63) is 31.4 Å². The maximum atomic E-state index is 4.80. The summed E-state index contributed by atoms with van der Waals surface area (Å²) >= 11 is 0. The lowest BCUT2D eigenvalue weighted by Gasteiger charge is -2.00. The van der Waals surface area contributed by atoms with E-state index in [1.807, 2.05) is 0 Å². The minimum Gasteiger partial charge on any atom is -0.379 e. The van der Waals surface area contributed by atoms with Crippen LogP contribution in [0.5, 0.6) is 0 Å². The third-order valence-corrected chi connectivity index (χ3v) is 3.49. The fraction of sp³-hybridized carbons (Fsp3) is 0.737. The quantitative estimate of drug-likeness (QED) is 0.242. The first-order valence-corrected chi connectivity index (χ1v) is 8.58. The first-order chi connectivity index (χ1) is 9.91. The van der Waals surface area contributed by atoms with Gasteiger partial charge >= 0.3 is 0 Å². The van der Waals surface area contributed by atoms with Crippen molar-refractivity contribution in [1.82, 2.24) is 0 Å². The molecule has 117 valence electrons. The highest BCUT2D eigenvalue weighted by Gasteiger charge is 1.90. The summed E-state index contributed by atoms with van der Waals surface area (Å²) in [5.74, 6) is 0. The Hall–Kier alpha value is -0.560. The normalized spacial score (nSPS) is 11.9. The van der Waals surface area contributed by atoms with Crippen LogP contribution in [0.15, 0.2) is 24.3 Å². The van der Waals surface area contributed by atoms with Gasteiger partial charge in [-0.25, -0.2) is 0 Å². The van der Waals surface area contributed by atoms with Gasteiger partial charge in [-0.15, -0.1) is 0 Å². The molecule has 0 amide bonds. The SMILES string of the molecule is [CH2]OCCCCCCCC/C=C/C/C=C/CCCCC. The molecule has 0 aliphatic carbocycles. The third kappa shape index (κ3) is 17.4. The summed E-state index contributed by atoms with van der Waals surface area (Å²) in [6, 6.07) is 0. The van der Waals surface area contributed by atoms with Gasteiger partial charge in [0.1, 0.15) is 0 Å². The zero-order valence-corrected chi connectivity index (χ0v) is 13.6. The molecule has 0 saturated heterocycles. The van der Waals surface area contributed by atoms with Crippen molar-refractivity contribution in [3.63, 3.8) is 0 Å². The maximum absolute atomic E-state index is 4.80. The average Bonchev–Trinajstić information content (AvgIpc) is 2.47. The molecular weight excluding hydrogens is 244 g/mol. The first kappa shape index (κ1) is 19.4. The van der Waals surface area contributed by atoms with Gasteiger partial charge in [0.25, 0.3) is 0 Å². The third-order valence-electron chi connectivity index (χ3n) is 3.49. The molecule has 0 heterocycles. The van der Waals surface area contributed by atoms with Crippen molar-refractivity contribution in [2.45, 2.75) is 84.0 Å². The van der Waals surface area contributed by atoms with Crippen molar-refractivity contribution >= 4 is 0 Å². The average molecular weight is 279 g/mol. The van der Waals surface area contributed by atoms with Crippen LogP contribution in [0.25, 0.3) is 0 Å². The predicted octanol–water partition coefficient (Wildman–Crippen LogP) is 6.61. The number of unbranched alkanes of at least 4 members (excludes halogenated alkanes) is 9. The summed E-state index contributed by atoms with van der Waals surface area (Å²) in [6.07, 6.45) is 24.8. The molecule has 0 fully saturated rings. The molecule has 0 atom stereocenters. The second-order valence-corrected chi connectivity index (χ2v) is 5.49. The molecule has 0 aromatic carbocycles. The molecule has 0 aliphatic heterocycles. The smallest absolute Gasteiger partial charge is 0.0700 e. The summed E-state index contributed by atoms with van der Waals surface area (Å²) in [5.41, 5.74) is 0. The number of ether oxygens (including phenoxy) is 1. The van der Waals surface area contributed by atoms with Gasteiger partial charge in [-0.3, -0.25) is 0 Å². The molecule has 0 spiro atoms. The summed E-state index contributed by atoms with van der Waals surface area (Å²) in [5, 5.41) is 0. The van der Waals surface area contributed by atoms with E-state index in [0.29, 0.717) is 0 Å². The summed E-state index contributed by atoms with van der Waals surface area (Å²) < 4.78 is 4.80. The predicted molar refractivity (Wildman–Crippen MR) is 90.7 cm³/mol. The Morgan fingerprint density at radius 2 is 1.25 bits per heavy atom. The Morgan fingerprint density at radius 3 is 1.85 bits per heavy atom. The minimum atomic E-state index is 0.814. The molecule has 0 saturated carbocycles. The fourth-order valence-corrected chi connectivity index (χ4v) is 2.19. The Bertz CT molecular complexity index is 218. The van der Waals surface area contributed by atoms with Crippen LogP contribution < -0.4 is 0 Å². The van der Waals surface area contributed by atoms with Crippen LogP contribution in [0.4, 0.5) is 0 Å². The van der Waals surface area contributed by atoms with E-state index >= 15 is 0 Å². The van der Waals surface area contributed by atoms with Crippen molar-refractivity contribution in [2.24, 2.45) is 0 Å². The molecule has 0 rings (SSSR count). The first-order valence-electron chi connectivity index (χ1n) is 8.58. The topological polar surface area (TPSA) is 9.23 Å². The molecular formula is C19H35O. The molecule has 1 heteroatoms. The van der Waals surface area contributed by atoms with Gasteiger partial charge in [-0.2, -0.15) is 0 Å². The maximum Gasteiger partial charge on any atom is 0.0700 e. The molecule has 0 aromatic heterocycles. The van der Waals surface area contributed by atoms with Crippen molar-refractivity contribution in [1.29, 1.82) is 0 Å². The van der Waals surface area contributed by atoms with E-state index in [1.165, 1.54) is 64.2 Å². The Kier molecular flexibility index (Phi) is 17.9. The van der Waals surface area contributed by atoms with Crippen molar-refractivity contribution < 1.29 is 4.74 Å². The number of allylic oxidation sites excluding steroid dienone is 4. The van der Waals surface area contributed by atoms with Gasteiger partial charge in [-0.05, 0) is 38.5 Å². The van der Waals surface area contributed by atoms with E-state index in [4.69, 9.17) is 4.74 Å². The summed E-state index contributed by atoms with van der Waals surface area (Å²) in [7, 11) is 3.38. The Labute approximate surface area is 127 Å². The second-order valence-electron chi connectivity index (χ2n) is 5.49. The van der Waals surface area contributed by atoms with Gasteiger partial charge in [0.2, 0.25) is 0 Å². The number of hydrogen-bond donors (Lipinski definition) is 0. The van der Waals surface area contributed by atoms with Gasteiger partial charge in [0.15, 0.2) is 0 Å². The van der Waals surface area contributed by atoms with Gasteiger partial charge in [0, 0.05) is 6.61 Å². The van der Waals surface area contributed by atoms with E-state index in [2.05, 4.69) is 38.3 Å². The minimum absolute atomic E-state index is 0.814. The second kappa shape index (κ2) is 18.4. The monoisotopic (exact) mass is 279 g/mol. The van der Waals surface area contributed by atoms with Crippen LogP contribution in [0.3, 0.4) is 0 Å². The molecule has 0 unspecified atom stereocenters. The summed E-state index contributed by atoms with van der Waals surface area (Å²) in [6.45, 7) is 3.07. The van der Waals surface area contributed by atoms with E-state index in [0.717, 1.165) is 19.4 Å². The zero-order chi connectivity index (χ0) is 14.7. The van der Waals surface area contributed by atoms with E-state index in [9.17, 15) is 0 Å². The van der Waals surface area contributed by atoms with Gasteiger partial charge in [0.05, 0.1) is 7.11 Å². The van der Waals surface area contributed by atoms with Crippen LogP contribution in [0.2, 0.25) is 0 Å². The fourth-order valence-electron chi connectivity index (χ4n) is 2.19. The van der Waals surface area contributed by atoms with Gasteiger partial charge < -0.3 is 4.74 Å². The Morgan fingerprint density at radius 1 is 0.700 bits per heavy atom. The zero-order valence-electron chi connectivity index (χ0n) is 13.6. The van der Waals surface area contributed by atoms with Crippen molar-refractivity contribution in [3.8, 4) is 0 Å². The lowest BCUT2D eigenvalue weighted by atomic mass is 10.1.